The van der Waals surface area contributed by atoms with Crippen molar-refractivity contribution in [2.45, 2.75) is 25.4 Å². The highest BCUT2D eigenvalue weighted by molar-refractivity contribution is 5.96. The van der Waals surface area contributed by atoms with E-state index in [9.17, 15) is 14.0 Å². The minimum atomic E-state index is -0.244. The Hall–Kier alpha value is -4.29. The third-order valence-corrected chi connectivity index (χ3v) is 7.42. The van der Waals surface area contributed by atoms with E-state index in [0.29, 0.717) is 29.9 Å². The van der Waals surface area contributed by atoms with Crippen LogP contribution in [0, 0.1) is 17.1 Å². The highest BCUT2D eigenvalue weighted by atomic mass is 19.1. The maximum Gasteiger partial charge on any atom is 0.272 e. The zero-order valence-electron chi connectivity index (χ0n) is 21.7. The van der Waals surface area contributed by atoms with E-state index in [-0.39, 0.29) is 23.7 Å². The lowest BCUT2D eigenvalue weighted by atomic mass is 10.0. The summed E-state index contributed by atoms with van der Waals surface area (Å²) in [6.07, 6.45) is 3.12. The Kier molecular flexibility index (Phi) is 8.13. The lowest BCUT2D eigenvalue weighted by Gasteiger charge is -2.34. The molecule has 9 heteroatoms. The highest BCUT2D eigenvalue weighted by Gasteiger charge is 2.24. The molecule has 8 nitrogen and oxygen atoms in total. The number of piperidine rings is 1. The Labute approximate surface area is 227 Å². The third kappa shape index (κ3) is 6.59. The SMILES string of the molecule is N#Cc1ccc(N2CCC(NC(=O)c3ccc(C(=O)N4CCN(Cc5ccc(F)cc5)CC4)nc3)CC2)cc1. The van der Waals surface area contributed by atoms with Crippen molar-refractivity contribution in [3.8, 4) is 6.07 Å². The van der Waals surface area contributed by atoms with Gasteiger partial charge in [-0.15, -0.1) is 0 Å². The molecule has 1 aromatic heterocycles. The van der Waals surface area contributed by atoms with Crippen LogP contribution in [0.1, 0.15) is 44.8 Å². The number of halogens is 1. The molecular weight excluding hydrogens is 495 g/mol. The monoisotopic (exact) mass is 526 g/mol. The van der Waals surface area contributed by atoms with E-state index in [1.54, 1.807) is 29.2 Å². The number of amides is 2. The number of rotatable bonds is 6. The van der Waals surface area contributed by atoms with E-state index in [1.165, 1.54) is 18.3 Å². The first-order valence-electron chi connectivity index (χ1n) is 13.3. The van der Waals surface area contributed by atoms with Gasteiger partial charge in [-0.1, -0.05) is 12.1 Å². The fourth-order valence-electron chi connectivity index (χ4n) is 5.07. The number of anilines is 1. The highest BCUT2D eigenvalue weighted by Crippen LogP contribution is 2.21. The van der Waals surface area contributed by atoms with Gasteiger partial charge in [0.05, 0.1) is 17.2 Å². The molecule has 0 aliphatic carbocycles. The summed E-state index contributed by atoms with van der Waals surface area (Å²) >= 11 is 0. The van der Waals surface area contributed by atoms with E-state index in [2.05, 4.69) is 26.2 Å². The van der Waals surface area contributed by atoms with Crippen molar-refractivity contribution < 1.29 is 14.0 Å². The largest absolute Gasteiger partial charge is 0.371 e. The molecule has 0 bridgehead atoms. The number of benzene rings is 2. The van der Waals surface area contributed by atoms with Crippen LogP contribution in [0.25, 0.3) is 0 Å². The fourth-order valence-corrected chi connectivity index (χ4v) is 5.07. The molecule has 1 N–H and O–H groups in total. The number of aromatic nitrogens is 1. The molecule has 200 valence electrons. The van der Waals surface area contributed by atoms with Gasteiger partial charge in [-0.2, -0.15) is 5.26 Å². The Balaban J connectivity index is 1.07. The van der Waals surface area contributed by atoms with E-state index in [1.807, 2.05) is 24.3 Å². The third-order valence-electron chi connectivity index (χ3n) is 7.42. The second kappa shape index (κ2) is 12.0. The van der Waals surface area contributed by atoms with Crippen LogP contribution in [0.5, 0.6) is 0 Å². The van der Waals surface area contributed by atoms with Crippen molar-refractivity contribution >= 4 is 17.5 Å². The molecule has 2 amide bonds. The second-order valence-corrected chi connectivity index (χ2v) is 10.0. The number of nitrogens with zero attached hydrogens (tertiary/aromatic N) is 5. The van der Waals surface area contributed by atoms with E-state index in [4.69, 9.17) is 5.26 Å². The number of carbonyl (C=O) groups excluding carboxylic acids is 2. The number of piperazine rings is 1. The summed E-state index contributed by atoms with van der Waals surface area (Å²) in [4.78, 5) is 36.4. The minimum absolute atomic E-state index is 0.0691. The summed E-state index contributed by atoms with van der Waals surface area (Å²) in [5, 5.41) is 12.1. The topological polar surface area (TPSA) is 92.6 Å². The second-order valence-electron chi connectivity index (χ2n) is 10.0. The van der Waals surface area contributed by atoms with Crippen molar-refractivity contribution in [2.24, 2.45) is 0 Å². The normalized spacial score (nSPS) is 16.5. The predicted molar refractivity (Wildman–Crippen MR) is 146 cm³/mol. The molecule has 2 aromatic carbocycles. The summed E-state index contributed by atoms with van der Waals surface area (Å²) in [5.74, 6) is -0.571. The van der Waals surface area contributed by atoms with E-state index in [0.717, 1.165) is 56.8 Å². The van der Waals surface area contributed by atoms with Gasteiger partial charge in [0.25, 0.3) is 11.8 Å². The summed E-state index contributed by atoms with van der Waals surface area (Å²) < 4.78 is 13.1. The quantitative estimate of drug-likeness (QED) is 0.529. The molecule has 0 spiro atoms. The summed E-state index contributed by atoms with van der Waals surface area (Å²) in [6, 6.07) is 19.5. The van der Waals surface area contributed by atoms with Crippen LogP contribution in [0.15, 0.2) is 66.9 Å². The maximum atomic E-state index is 13.1. The van der Waals surface area contributed by atoms with Gasteiger partial charge in [-0.3, -0.25) is 19.5 Å². The molecule has 2 saturated heterocycles. The van der Waals surface area contributed by atoms with Gasteiger partial charge in [-0.05, 0) is 66.9 Å². The lowest BCUT2D eigenvalue weighted by Crippen LogP contribution is -2.48. The maximum absolute atomic E-state index is 13.1. The zero-order chi connectivity index (χ0) is 27.2. The average Bonchev–Trinajstić information content (AvgIpc) is 2.99. The van der Waals surface area contributed by atoms with Crippen LogP contribution in [-0.2, 0) is 6.54 Å². The number of nitriles is 1. The number of pyridine rings is 1. The van der Waals surface area contributed by atoms with Gasteiger partial charge in [-0.25, -0.2) is 4.39 Å². The number of hydrogen-bond acceptors (Lipinski definition) is 6. The van der Waals surface area contributed by atoms with Crippen molar-refractivity contribution in [1.82, 2.24) is 20.1 Å². The molecule has 2 aliphatic heterocycles. The first kappa shape index (κ1) is 26.3. The van der Waals surface area contributed by atoms with Gasteiger partial charge in [0, 0.05) is 63.7 Å². The minimum Gasteiger partial charge on any atom is -0.371 e. The Morgan fingerprint density at radius 1 is 0.923 bits per heavy atom. The van der Waals surface area contributed by atoms with E-state index >= 15 is 0 Å². The molecule has 39 heavy (non-hydrogen) atoms. The molecule has 2 fully saturated rings. The first-order valence-corrected chi connectivity index (χ1v) is 13.3. The summed E-state index contributed by atoms with van der Waals surface area (Å²) in [6.45, 7) is 5.00. The Bertz CT molecular complexity index is 1320. The number of carbonyl (C=O) groups is 2. The van der Waals surface area contributed by atoms with Gasteiger partial charge in [0.2, 0.25) is 0 Å². The van der Waals surface area contributed by atoms with Crippen LogP contribution < -0.4 is 10.2 Å². The molecule has 0 radical (unpaired) electrons. The van der Waals surface area contributed by atoms with Crippen molar-refractivity contribution in [1.29, 1.82) is 5.26 Å². The number of hydrogen-bond donors (Lipinski definition) is 1. The smallest absolute Gasteiger partial charge is 0.272 e. The molecule has 3 heterocycles. The Morgan fingerprint density at radius 3 is 2.23 bits per heavy atom. The molecule has 2 aliphatic rings. The number of nitrogens with one attached hydrogen (secondary N) is 1. The average molecular weight is 527 g/mol. The summed E-state index contributed by atoms with van der Waals surface area (Å²) in [7, 11) is 0. The van der Waals surface area contributed by atoms with Crippen LogP contribution in [-0.4, -0.2) is 71.9 Å². The predicted octanol–water partition coefficient (Wildman–Crippen LogP) is 3.45. The molecule has 5 rings (SSSR count). The van der Waals surface area contributed by atoms with Crippen LogP contribution in [0.3, 0.4) is 0 Å². The standard InChI is InChI=1S/C30H31FN6O2/c31-25-6-1-23(2-7-25)21-35-15-17-37(18-16-35)30(39)28-10-5-24(20-33-28)29(38)34-26-11-13-36(14-12-26)27-8-3-22(19-32)4-9-27/h1-10,20,26H,11-18,21H2,(H,34,38). The van der Waals surface area contributed by atoms with Crippen LogP contribution in [0.4, 0.5) is 10.1 Å². The van der Waals surface area contributed by atoms with Gasteiger partial charge >= 0.3 is 0 Å². The van der Waals surface area contributed by atoms with Gasteiger partial charge in [0.15, 0.2) is 0 Å². The van der Waals surface area contributed by atoms with E-state index < -0.39 is 0 Å². The first-order chi connectivity index (χ1) is 19.0. The Morgan fingerprint density at radius 2 is 1.62 bits per heavy atom. The van der Waals surface area contributed by atoms with Crippen LogP contribution in [0.2, 0.25) is 0 Å². The molecule has 3 aromatic rings. The van der Waals surface area contributed by atoms with Crippen molar-refractivity contribution in [3.05, 3.63) is 95.1 Å². The lowest BCUT2D eigenvalue weighted by molar-refractivity contribution is 0.0622. The molecule has 0 saturated carbocycles. The van der Waals surface area contributed by atoms with Gasteiger partial charge in [0.1, 0.15) is 11.5 Å². The fraction of sp³-hybridized carbons (Fsp3) is 0.333. The van der Waals surface area contributed by atoms with Gasteiger partial charge < -0.3 is 15.1 Å². The summed E-state index contributed by atoms with van der Waals surface area (Å²) in [5.41, 5.74) is 3.53. The molecule has 0 unspecified atom stereocenters. The zero-order valence-corrected chi connectivity index (χ0v) is 21.7. The van der Waals surface area contributed by atoms with Crippen molar-refractivity contribution in [2.75, 3.05) is 44.2 Å². The van der Waals surface area contributed by atoms with Crippen molar-refractivity contribution in [3.63, 3.8) is 0 Å². The molecule has 0 atom stereocenters. The van der Waals surface area contributed by atoms with Crippen LogP contribution >= 0.6 is 0 Å². The molecular formula is C30H31FN6O2.